The number of anilines is 2. The second kappa shape index (κ2) is 5.32. The van der Waals surface area contributed by atoms with Gasteiger partial charge in [0, 0.05) is 12.6 Å². The highest BCUT2D eigenvalue weighted by Crippen LogP contribution is 2.36. The maximum Gasteiger partial charge on any atom is 0.409 e. The van der Waals surface area contributed by atoms with Crippen LogP contribution in [0.25, 0.3) is 11.3 Å². The summed E-state index contributed by atoms with van der Waals surface area (Å²) >= 11 is 0. The fourth-order valence-electron chi connectivity index (χ4n) is 2.33. The Bertz CT molecular complexity index is 762. The third-order valence-corrected chi connectivity index (χ3v) is 3.17. The number of rotatable bonds is 2. The summed E-state index contributed by atoms with van der Waals surface area (Å²) in [6.07, 6.45) is 0.487. The highest BCUT2D eigenvalue weighted by atomic mass is 16.5. The predicted molar refractivity (Wildman–Crippen MR) is 79.6 cm³/mol. The number of nitrogens with zero attached hydrogens (tertiary/aromatic N) is 3. The van der Waals surface area contributed by atoms with E-state index < -0.39 is 6.09 Å². The van der Waals surface area contributed by atoms with Crippen molar-refractivity contribution in [3.8, 4) is 17.0 Å². The standard InChI is InChI=1S/C14H13N5O3/c1-19-6-10(20)18-13-12(19)11(16-7-17-13)8-3-2-4-9(5-8)22-14(15)21/h2-5,7H,6H2,1H3,(H2,15,21)(H,16,17,18,20). The molecule has 0 saturated heterocycles. The zero-order chi connectivity index (χ0) is 15.7. The van der Waals surface area contributed by atoms with Crippen molar-refractivity contribution in [1.82, 2.24) is 9.97 Å². The van der Waals surface area contributed by atoms with Crippen molar-refractivity contribution in [3.05, 3.63) is 30.6 Å². The molecule has 0 saturated carbocycles. The fourth-order valence-corrected chi connectivity index (χ4v) is 2.33. The third-order valence-electron chi connectivity index (χ3n) is 3.17. The van der Waals surface area contributed by atoms with Crippen LogP contribution in [0.3, 0.4) is 0 Å². The van der Waals surface area contributed by atoms with Crippen LogP contribution in [0.4, 0.5) is 16.3 Å². The molecule has 1 aliphatic heterocycles. The number of benzene rings is 1. The van der Waals surface area contributed by atoms with E-state index in [1.54, 1.807) is 30.1 Å². The van der Waals surface area contributed by atoms with Crippen molar-refractivity contribution >= 4 is 23.5 Å². The number of carbonyl (C=O) groups excluding carboxylic acids is 2. The summed E-state index contributed by atoms with van der Waals surface area (Å²) in [5.41, 5.74) is 7.08. The second-order valence-electron chi connectivity index (χ2n) is 4.77. The van der Waals surface area contributed by atoms with E-state index in [0.717, 1.165) is 5.56 Å². The van der Waals surface area contributed by atoms with Gasteiger partial charge in [-0.05, 0) is 12.1 Å². The first-order valence-corrected chi connectivity index (χ1v) is 6.48. The molecule has 0 atom stereocenters. The number of likely N-dealkylation sites (N-methyl/N-ethyl adjacent to an activating group) is 1. The highest BCUT2D eigenvalue weighted by Gasteiger charge is 2.24. The molecule has 0 unspecified atom stereocenters. The second-order valence-corrected chi connectivity index (χ2v) is 4.77. The largest absolute Gasteiger partial charge is 0.410 e. The summed E-state index contributed by atoms with van der Waals surface area (Å²) in [7, 11) is 1.79. The van der Waals surface area contributed by atoms with E-state index in [2.05, 4.69) is 15.3 Å². The average molecular weight is 299 g/mol. The van der Waals surface area contributed by atoms with Crippen LogP contribution in [0.5, 0.6) is 5.75 Å². The molecule has 8 heteroatoms. The Kier molecular flexibility index (Phi) is 3.34. The van der Waals surface area contributed by atoms with E-state index in [9.17, 15) is 9.59 Å². The molecule has 1 aromatic heterocycles. The number of hydrogen-bond donors (Lipinski definition) is 2. The number of hydrogen-bond acceptors (Lipinski definition) is 6. The summed E-state index contributed by atoms with van der Waals surface area (Å²) < 4.78 is 4.88. The molecular weight excluding hydrogens is 286 g/mol. The first kappa shape index (κ1) is 13.8. The Morgan fingerprint density at radius 1 is 1.41 bits per heavy atom. The lowest BCUT2D eigenvalue weighted by Crippen LogP contribution is -2.36. The molecule has 0 aliphatic carbocycles. The molecule has 1 aliphatic rings. The van der Waals surface area contributed by atoms with Crippen molar-refractivity contribution in [1.29, 1.82) is 0 Å². The number of nitrogens with one attached hydrogen (secondary N) is 1. The minimum absolute atomic E-state index is 0.134. The van der Waals surface area contributed by atoms with Gasteiger partial charge in [0.2, 0.25) is 5.91 Å². The summed E-state index contributed by atoms with van der Waals surface area (Å²) in [5, 5.41) is 2.71. The lowest BCUT2D eigenvalue weighted by Gasteiger charge is -2.27. The molecule has 2 aromatic rings. The van der Waals surface area contributed by atoms with Crippen LogP contribution in [-0.4, -0.2) is 35.6 Å². The van der Waals surface area contributed by atoms with Gasteiger partial charge in [-0.15, -0.1) is 0 Å². The summed E-state index contributed by atoms with van der Waals surface area (Å²) in [5.74, 6) is 0.635. The predicted octanol–water partition coefficient (Wildman–Crippen LogP) is 0.989. The van der Waals surface area contributed by atoms with Gasteiger partial charge in [0.15, 0.2) is 5.82 Å². The number of amides is 2. The van der Waals surface area contributed by atoms with Gasteiger partial charge < -0.3 is 20.7 Å². The fraction of sp³-hybridized carbons (Fsp3) is 0.143. The molecule has 8 nitrogen and oxygen atoms in total. The maximum atomic E-state index is 11.6. The number of nitrogens with two attached hydrogens (primary N) is 1. The van der Waals surface area contributed by atoms with Crippen LogP contribution in [0.15, 0.2) is 30.6 Å². The van der Waals surface area contributed by atoms with Crippen molar-refractivity contribution in [2.75, 3.05) is 23.8 Å². The van der Waals surface area contributed by atoms with Crippen LogP contribution in [0.2, 0.25) is 0 Å². The van der Waals surface area contributed by atoms with Crippen LogP contribution < -0.4 is 20.7 Å². The van der Waals surface area contributed by atoms with Gasteiger partial charge in [0.1, 0.15) is 17.8 Å². The third kappa shape index (κ3) is 2.53. The summed E-state index contributed by atoms with van der Waals surface area (Å²) in [6.45, 7) is 0.213. The van der Waals surface area contributed by atoms with E-state index >= 15 is 0 Å². The number of carbonyl (C=O) groups is 2. The lowest BCUT2D eigenvalue weighted by molar-refractivity contribution is -0.115. The smallest absolute Gasteiger partial charge is 0.409 e. The quantitative estimate of drug-likeness (QED) is 0.855. The molecule has 2 heterocycles. The van der Waals surface area contributed by atoms with Gasteiger partial charge >= 0.3 is 6.09 Å². The van der Waals surface area contributed by atoms with Crippen molar-refractivity contribution in [2.24, 2.45) is 5.73 Å². The van der Waals surface area contributed by atoms with Crippen molar-refractivity contribution < 1.29 is 14.3 Å². The first-order chi connectivity index (χ1) is 10.5. The van der Waals surface area contributed by atoms with Crippen LogP contribution in [0.1, 0.15) is 0 Å². The Morgan fingerprint density at radius 2 is 2.23 bits per heavy atom. The molecule has 2 amide bonds. The molecule has 3 N–H and O–H groups in total. The van der Waals surface area contributed by atoms with E-state index in [4.69, 9.17) is 10.5 Å². The Balaban J connectivity index is 2.08. The van der Waals surface area contributed by atoms with Crippen LogP contribution in [-0.2, 0) is 4.79 Å². The molecule has 0 spiro atoms. The molecule has 112 valence electrons. The van der Waals surface area contributed by atoms with Crippen LogP contribution >= 0.6 is 0 Å². The number of aromatic nitrogens is 2. The summed E-state index contributed by atoms with van der Waals surface area (Å²) in [6, 6.07) is 6.81. The molecule has 1 aromatic carbocycles. The average Bonchev–Trinajstić information content (AvgIpc) is 2.45. The highest BCUT2D eigenvalue weighted by molar-refractivity contribution is 6.02. The number of primary amides is 1. The molecule has 0 bridgehead atoms. The van der Waals surface area contributed by atoms with Crippen LogP contribution in [0, 0.1) is 0 Å². The Labute approximate surface area is 125 Å². The van der Waals surface area contributed by atoms with Gasteiger partial charge in [-0.3, -0.25) is 4.79 Å². The minimum Gasteiger partial charge on any atom is -0.410 e. The monoisotopic (exact) mass is 299 g/mol. The molecule has 3 rings (SSSR count). The SMILES string of the molecule is CN1CC(=O)Nc2ncnc(-c3cccc(OC(N)=O)c3)c21. The maximum absolute atomic E-state index is 11.6. The van der Waals surface area contributed by atoms with E-state index in [1.807, 2.05) is 6.07 Å². The first-order valence-electron chi connectivity index (χ1n) is 6.48. The molecular formula is C14H13N5O3. The normalized spacial score (nSPS) is 13.3. The summed E-state index contributed by atoms with van der Waals surface area (Å²) in [4.78, 5) is 32.6. The van der Waals surface area contributed by atoms with Crippen molar-refractivity contribution in [2.45, 2.75) is 0 Å². The molecule has 0 radical (unpaired) electrons. The lowest BCUT2D eigenvalue weighted by atomic mass is 10.1. The van der Waals surface area contributed by atoms with Crippen molar-refractivity contribution in [3.63, 3.8) is 0 Å². The van der Waals surface area contributed by atoms with Gasteiger partial charge in [0.05, 0.1) is 12.2 Å². The number of fused-ring (bicyclic) bond motifs is 1. The molecule has 22 heavy (non-hydrogen) atoms. The van der Waals surface area contributed by atoms with Gasteiger partial charge in [0.25, 0.3) is 0 Å². The topological polar surface area (TPSA) is 110 Å². The van der Waals surface area contributed by atoms with E-state index in [1.165, 1.54) is 6.33 Å². The van der Waals surface area contributed by atoms with Gasteiger partial charge in [-0.1, -0.05) is 12.1 Å². The zero-order valence-corrected chi connectivity index (χ0v) is 11.7. The van der Waals surface area contributed by atoms with Gasteiger partial charge in [-0.25, -0.2) is 14.8 Å². The van der Waals surface area contributed by atoms with Gasteiger partial charge in [-0.2, -0.15) is 0 Å². The Morgan fingerprint density at radius 3 is 3.00 bits per heavy atom. The Hall–Kier alpha value is -3.16. The zero-order valence-electron chi connectivity index (χ0n) is 11.7. The van der Waals surface area contributed by atoms with E-state index in [-0.39, 0.29) is 12.5 Å². The number of ether oxygens (including phenoxy) is 1. The van der Waals surface area contributed by atoms with E-state index in [0.29, 0.717) is 22.9 Å². The minimum atomic E-state index is -0.883. The molecule has 0 fully saturated rings.